The van der Waals surface area contributed by atoms with Gasteiger partial charge in [0.2, 0.25) is 0 Å². The first-order valence-electron chi connectivity index (χ1n) is 6.03. The lowest BCUT2D eigenvalue weighted by molar-refractivity contribution is 1.20. The second-order valence-corrected chi connectivity index (χ2v) is 4.45. The lowest BCUT2D eigenvalue weighted by Crippen LogP contribution is -1.87. The fraction of sp³-hybridized carbons (Fsp3) is 0.176. The van der Waals surface area contributed by atoms with Gasteiger partial charge in [-0.3, -0.25) is 0 Å². The Hall–Kier alpha value is -1.82. The molecule has 0 spiro atoms. The second-order valence-electron chi connectivity index (χ2n) is 4.45. The summed E-state index contributed by atoms with van der Waals surface area (Å²) in [6, 6.07) is 17.1. The van der Waals surface area contributed by atoms with Crippen molar-refractivity contribution in [3.63, 3.8) is 0 Å². The molecular weight excluding hydrogens is 204 g/mol. The molecule has 0 amide bonds. The first-order valence-corrected chi connectivity index (χ1v) is 6.03. The molecule has 17 heavy (non-hydrogen) atoms. The number of hydrogen-bond acceptors (Lipinski definition) is 0. The molecule has 0 atom stereocenters. The van der Waals surface area contributed by atoms with Gasteiger partial charge in [0.15, 0.2) is 0 Å². The summed E-state index contributed by atoms with van der Waals surface area (Å²) in [6.45, 7) is 4.31. The summed E-state index contributed by atoms with van der Waals surface area (Å²) >= 11 is 0. The summed E-state index contributed by atoms with van der Waals surface area (Å²) in [5.41, 5.74) is 5.38. The van der Waals surface area contributed by atoms with Crippen molar-refractivity contribution >= 4 is 6.08 Å². The summed E-state index contributed by atoms with van der Waals surface area (Å²) in [5.74, 6) is 0. The van der Waals surface area contributed by atoms with Crippen molar-refractivity contribution in [2.75, 3.05) is 0 Å². The molecule has 0 heteroatoms. The molecule has 0 heterocycles. The molecule has 0 N–H and O–H groups in total. The molecular formula is C17H18. The van der Waals surface area contributed by atoms with Gasteiger partial charge in [-0.2, -0.15) is 0 Å². The van der Waals surface area contributed by atoms with Crippen molar-refractivity contribution in [2.24, 2.45) is 0 Å². The van der Waals surface area contributed by atoms with Crippen molar-refractivity contribution in [2.45, 2.75) is 20.3 Å². The van der Waals surface area contributed by atoms with Gasteiger partial charge in [-0.05, 0) is 37.0 Å². The Morgan fingerprint density at radius 1 is 0.941 bits per heavy atom. The topological polar surface area (TPSA) is 0 Å². The van der Waals surface area contributed by atoms with Crippen molar-refractivity contribution in [3.05, 3.63) is 76.9 Å². The highest BCUT2D eigenvalue weighted by molar-refractivity contribution is 5.49. The third-order valence-corrected chi connectivity index (χ3v) is 2.95. The van der Waals surface area contributed by atoms with Gasteiger partial charge in [-0.1, -0.05) is 66.2 Å². The van der Waals surface area contributed by atoms with Crippen LogP contribution in [0.4, 0.5) is 0 Å². The Balaban J connectivity index is 2.05. The van der Waals surface area contributed by atoms with Gasteiger partial charge in [0.25, 0.3) is 0 Å². The smallest absolute Gasteiger partial charge is 0.00915 e. The molecule has 0 saturated heterocycles. The average Bonchev–Trinajstić information content (AvgIpc) is 2.33. The van der Waals surface area contributed by atoms with Gasteiger partial charge in [-0.25, -0.2) is 0 Å². The van der Waals surface area contributed by atoms with Crippen LogP contribution in [0.2, 0.25) is 0 Å². The molecule has 0 aromatic heterocycles. The zero-order valence-corrected chi connectivity index (χ0v) is 10.5. The molecule has 0 radical (unpaired) electrons. The highest BCUT2D eigenvalue weighted by atomic mass is 14.0. The van der Waals surface area contributed by atoms with Gasteiger partial charge in [0.1, 0.15) is 0 Å². The largest absolute Gasteiger partial charge is 0.0795 e. The maximum Gasteiger partial charge on any atom is -0.00915 e. The average molecular weight is 222 g/mol. The molecule has 0 aliphatic heterocycles. The Morgan fingerprint density at radius 2 is 1.71 bits per heavy atom. The number of benzene rings is 2. The summed E-state index contributed by atoms with van der Waals surface area (Å²) in [6.07, 6.45) is 5.41. The lowest BCUT2D eigenvalue weighted by Gasteiger charge is -2.03. The highest BCUT2D eigenvalue weighted by Crippen LogP contribution is 2.12. The quantitative estimate of drug-likeness (QED) is 0.714. The highest BCUT2D eigenvalue weighted by Gasteiger charge is 1.95. The Labute approximate surface area is 104 Å². The van der Waals surface area contributed by atoms with E-state index >= 15 is 0 Å². The van der Waals surface area contributed by atoms with E-state index in [1.54, 1.807) is 0 Å². The van der Waals surface area contributed by atoms with Gasteiger partial charge < -0.3 is 0 Å². The van der Waals surface area contributed by atoms with E-state index in [1.165, 1.54) is 22.3 Å². The summed E-state index contributed by atoms with van der Waals surface area (Å²) < 4.78 is 0. The van der Waals surface area contributed by atoms with E-state index < -0.39 is 0 Å². The third-order valence-electron chi connectivity index (χ3n) is 2.95. The summed E-state index contributed by atoms with van der Waals surface area (Å²) in [4.78, 5) is 0. The molecule has 0 fully saturated rings. The number of rotatable bonds is 3. The zero-order valence-electron chi connectivity index (χ0n) is 10.5. The van der Waals surface area contributed by atoms with Crippen LogP contribution in [0.15, 0.2) is 54.6 Å². The number of aryl methyl sites for hydroxylation is 2. The zero-order chi connectivity index (χ0) is 12.1. The molecule has 2 rings (SSSR count). The summed E-state index contributed by atoms with van der Waals surface area (Å²) in [7, 11) is 0. The number of allylic oxidation sites excluding steroid dienone is 1. The van der Waals surface area contributed by atoms with E-state index in [0.29, 0.717) is 0 Å². The van der Waals surface area contributed by atoms with Crippen LogP contribution >= 0.6 is 0 Å². The van der Waals surface area contributed by atoms with E-state index in [1.807, 2.05) is 6.07 Å². The van der Waals surface area contributed by atoms with E-state index in [0.717, 1.165) is 6.42 Å². The first-order chi connectivity index (χ1) is 8.25. The van der Waals surface area contributed by atoms with Crippen molar-refractivity contribution in [3.8, 4) is 0 Å². The molecule has 0 aliphatic carbocycles. The minimum absolute atomic E-state index is 1.00. The third kappa shape index (κ3) is 3.32. The Bertz CT molecular complexity index is 507. The monoisotopic (exact) mass is 222 g/mol. The Kier molecular flexibility index (Phi) is 3.77. The van der Waals surface area contributed by atoms with Crippen LogP contribution in [0.3, 0.4) is 0 Å². The molecule has 86 valence electrons. The van der Waals surface area contributed by atoms with Crippen molar-refractivity contribution in [1.82, 2.24) is 0 Å². The van der Waals surface area contributed by atoms with Crippen LogP contribution in [0.5, 0.6) is 0 Å². The van der Waals surface area contributed by atoms with E-state index in [9.17, 15) is 0 Å². The summed E-state index contributed by atoms with van der Waals surface area (Å²) in [5, 5.41) is 0. The van der Waals surface area contributed by atoms with Crippen LogP contribution < -0.4 is 0 Å². The molecule has 0 nitrogen and oxygen atoms in total. The van der Waals surface area contributed by atoms with Gasteiger partial charge in [-0.15, -0.1) is 0 Å². The predicted molar refractivity (Wildman–Crippen MR) is 75.1 cm³/mol. The maximum atomic E-state index is 2.24. The molecule has 2 aromatic carbocycles. The van der Waals surface area contributed by atoms with Gasteiger partial charge >= 0.3 is 0 Å². The minimum atomic E-state index is 1.00. The molecule has 0 saturated carbocycles. The van der Waals surface area contributed by atoms with Gasteiger partial charge in [0.05, 0.1) is 0 Å². The molecule has 0 unspecified atom stereocenters. The molecule has 0 aliphatic rings. The maximum absolute atomic E-state index is 2.24. The Morgan fingerprint density at radius 3 is 2.41 bits per heavy atom. The standard InChI is InChI=1S/C17H18/c1-14-11-12-17(15(2)13-14)10-6-9-16-7-4-3-5-8-16/h3-9,11-13H,10H2,1-2H3/b9-6+. The fourth-order valence-corrected chi connectivity index (χ4v) is 1.96. The van der Waals surface area contributed by atoms with E-state index in [-0.39, 0.29) is 0 Å². The van der Waals surface area contributed by atoms with Gasteiger partial charge in [0, 0.05) is 0 Å². The predicted octanol–water partition coefficient (Wildman–Crippen LogP) is 4.56. The molecule has 0 bridgehead atoms. The van der Waals surface area contributed by atoms with Crippen LogP contribution in [0.1, 0.15) is 22.3 Å². The van der Waals surface area contributed by atoms with Crippen molar-refractivity contribution < 1.29 is 0 Å². The number of hydrogen-bond donors (Lipinski definition) is 0. The van der Waals surface area contributed by atoms with Crippen LogP contribution in [0.25, 0.3) is 6.08 Å². The van der Waals surface area contributed by atoms with Crippen molar-refractivity contribution in [1.29, 1.82) is 0 Å². The van der Waals surface area contributed by atoms with E-state index in [2.05, 4.69) is 68.5 Å². The van der Waals surface area contributed by atoms with E-state index in [4.69, 9.17) is 0 Å². The SMILES string of the molecule is Cc1ccc(C/C=C/c2ccccc2)c(C)c1. The molecule has 2 aromatic rings. The van der Waals surface area contributed by atoms with Crippen LogP contribution in [-0.2, 0) is 6.42 Å². The van der Waals surface area contributed by atoms with Crippen LogP contribution in [0, 0.1) is 13.8 Å². The second kappa shape index (κ2) is 5.49. The normalized spacial score (nSPS) is 10.9. The first kappa shape index (κ1) is 11.7. The fourth-order valence-electron chi connectivity index (χ4n) is 1.96. The lowest BCUT2D eigenvalue weighted by atomic mass is 10.0. The van der Waals surface area contributed by atoms with Crippen LogP contribution in [-0.4, -0.2) is 0 Å². The minimum Gasteiger partial charge on any atom is -0.0795 e.